The standard InChI is InChI=1S/C22H31NO6S/c1-5-27-19(24)14-20(25)28-13-11-16-6-8-17(9-7-16)30-18-10-12-23(15-18)21(26)29-22(2,3)4/h6-9,18H,5,10-15H2,1-4H3/t18-/m0/s1. The Balaban J connectivity index is 1.71. The molecule has 30 heavy (non-hydrogen) atoms. The average molecular weight is 438 g/mol. The first-order valence-corrected chi connectivity index (χ1v) is 11.1. The molecular formula is C22H31NO6S. The van der Waals surface area contributed by atoms with Gasteiger partial charge in [-0.3, -0.25) is 9.59 Å². The van der Waals surface area contributed by atoms with Gasteiger partial charge >= 0.3 is 18.0 Å². The van der Waals surface area contributed by atoms with E-state index in [1.807, 2.05) is 45.0 Å². The van der Waals surface area contributed by atoms with Crippen molar-refractivity contribution in [2.24, 2.45) is 0 Å². The van der Waals surface area contributed by atoms with Gasteiger partial charge in [-0.15, -0.1) is 11.8 Å². The molecule has 1 aromatic carbocycles. The number of thioether (sulfide) groups is 1. The van der Waals surface area contributed by atoms with Crippen LogP contribution in [0.15, 0.2) is 29.2 Å². The largest absolute Gasteiger partial charge is 0.466 e. The van der Waals surface area contributed by atoms with E-state index in [-0.39, 0.29) is 25.7 Å². The minimum absolute atomic E-state index is 0.220. The topological polar surface area (TPSA) is 82.1 Å². The van der Waals surface area contributed by atoms with Gasteiger partial charge in [0.1, 0.15) is 12.0 Å². The van der Waals surface area contributed by atoms with Crippen LogP contribution in [0.3, 0.4) is 0 Å². The SMILES string of the molecule is CCOC(=O)CC(=O)OCCc1ccc(S[C@H]2CCN(C(=O)OC(C)(C)C)C2)cc1. The number of amides is 1. The fourth-order valence-electron chi connectivity index (χ4n) is 2.91. The molecule has 1 heterocycles. The first-order chi connectivity index (χ1) is 14.2. The highest BCUT2D eigenvalue weighted by atomic mass is 32.2. The zero-order valence-corrected chi connectivity index (χ0v) is 19.0. The van der Waals surface area contributed by atoms with Gasteiger partial charge in [0.25, 0.3) is 0 Å². The van der Waals surface area contributed by atoms with Crippen LogP contribution < -0.4 is 0 Å². The molecule has 0 unspecified atom stereocenters. The highest BCUT2D eigenvalue weighted by Gasteiger charge is 2.30. The second-order valence-electron chi connectivity index (χ2n) is 8.05. The van der Waals surface area contributed by atoms with Gasteiger partial charge < -0.3 is 19.1 Å². The maximum Gasteiger partial charge on any atom is 0.410 e. The molecule has 0 N–H and O–H groups in total. The third kappa shape index (κ3) is 8.65. The van der Waals surface area contributed by atoms with Crippen LogP contribution in [-0.4, -0.2) is 60.1 Å². The van der Waals surface area contributed by atoms with Crippen molar-refractivity contribution in [3.63, 3.8) is 0 Å². The molecule has 8 heteroatoms. The van der Waals surface area contributed by atoms with E-state index in [0.717, 1.165) is 16.9 Å². The van der Waals surface area contributed by atoms with Crippen molar-refractivity contribution in [3.05, 3.63) is 29.8 Å². The summed E-state index contributed by atoms with van der Waals surface area (Å²) in [7, 11) is 0. The van der Waals surface area contributed by atoms with Crippen LogP contribution in [0.5, 0.6) is 0 Å². The van der Waals surface area contributed by atoms with Crippen molar-refractivity contribution in [2.75, 3.05) is 26.3 Å². The number of carbonyl (C=O) groups is 3. The Bertz CT molecular complexity index is 728. The summed E-state index contributed by atoms with van der Waals surface area (Å²) in [6.45, 7) is 9.16. The molecule has 1 aliphatic heterocycles. The lowest BCUT2D eigenvalue weighted by molar-refractivity contribution is -0.154. The first kappa shape index (κ1) is 24.1. The van der Waals surface area contributed by atoms with E-state index in [4.69, 9.17) is 14.2 Å². The van der Waals surface area contributed by atoms with Crippen molar-refractivity contribution in [1.82, 2.24) is 4.90 Å². The molecule has 0 saturated carbocycles. The zero-order valence-electron chi connectivity index (χ0n) is 18.1. The van der Waals surface area contributed by atoms with Gasteiger partial charge in [0.2, 0.25) is 0 Å². The summed E-state index contributed by atoms with van der Waals surface area (Å²) in [5.41, 5.74) is 0.566. The van der Waals surface area contributed by atoms with Crippen LogP contribution >= 0.6 is 11.8 Å². The summed E-state index contributed by atoms with van der Waals surface area (Å²) in [5.74, 6) is -1.14. The van der Waals surface area contributed by atoms with E-state index in [2.05, 4.69) is 0 Å². The van der Waals surface area contributed by atoms with Crippen LogP contribution in [-0.2, 0) is 30.2 Å². The number of hydrogen-bond acceptors (Lipinski definition) is 7. The van der Waals surface area contributed by atoms with Crippen molar-refractivity contribution in [2.45, 2.75) is 62.7 Å². The molecule has 1 saturated heterocycles. The zero-order chi connectivity index (χ0) is 22.1. The minimum atomic E-state index is -0.573. The lowest BCUT2D eigenvalue weighted by Gasteiger charge is -2.24. The third-order valence-corrected chi connectivity index (χ3v) is 5.53. The predicted molar refractivity (Wildman–Crippen MR) is 114 cm³/mol. The summed E-state index contributed by atoms with van der Waals surface area (Å²) in [5, 5.41) is 0.340. The van der Waals surface area contributed by atoms with E-state index in [0.29, 0.717) is 24.8 Å². The van der Waals surface area contributed by atoms with Crippen molar-refractivity contribution < 1.29 is 28.6 Å². The number of rotatable bonds is 8. The monoisotopic (exact) mass is 437 g/mol. The average Bonchev–Trinajstić information content (AvgIpc) is 3.10. The Morgan fingerprint density at radius 3 is 2.40 bits per heavy atom. The van der Waals surface area contributed by atoms with Crippen LogP contribution in [0.1, 0.15) is 46.1 Å². The maximum absolute atomic E-state index is 12.2. The van der Waals surface area contributed by atoms with Crippen LogP contribution in [0.4, 0.5) is 4.79 Å². The molecule has 1 aliphatic rings. The van der Waals surface area contributed by atoms with E-state index in [1.165, 1.54) is 0 Å². The summed E-state index contributed by atoms with van der Waals surface area (Å²) in [6.07, 6.45) is 0.904. The first-order valence-electron chi connectivity index (χ1n) is 10.2. The molecular weight excluding hydrogens is 406 g/mol. The van der Waals surface area contributed by atoms with Gasteiger partial charge in [-0.25, -0.2) is 4.79 Å². The summed E-state index contributed by atoms with van der Waals surface area (Å²) >= 11 is 1.75. The smallest absolute Gasteiger partial charge is 0.410 e. The molecule has 0 bridgehead atoms. The van der Waals surface area contributed by atoms with E-state index in [1.54, 1.807) is 23.6 Å². The molecule has 1 fully saturated rings. The normalized spacial score (nSPS) is 16.3. The molecule has 0 aliphatic carbocycles. The summed E-state index contributed by atoms with van der Waals surface area (Å²) in [4.78, 5) is 37.9. The molecule has 166 valence electrons. The maximum atomic E-state index is 12.2. The van der Waals surface area contributed by atoms with E-state index >= 15 is 0 Å². The van der Waals surface area contributed by atoms with Gasteiger partial charge in [-0.2, -0.15) is 0 Å². The molecule has 1 atom stereocenters. The molecule has 1 aromatic rings. The Labute approximate surface area is 182 Å². The highest BCUT2D eigenvalue weighted by molar-refractivity contribution is 8.00. The Morgan fingerprint density at radius 1 is 1.10 bits per heavy atom. The van der Waals surface area contributed by atoms with Crippen molar-refractivity contribution in [3.8, 4) is 0 Å². The summed E-state index contributed by atoms with van der Waals surface area (Å²) < 4.78 is 15.2. The molecule has 0 radical (unpaired) electrons. The molecule has 0 aromatic heterocycles. The molecule has 1 amide bonds. The van der Waals surface area contributed by atoms with Crippen LogP contribution in [0, 0.1) is 0 Å². The van der Waals surface area contributed by atoms with Crippen LogP contribution in [0.25, 0.3) is 0 Å². The highest BCUT2D eigenvalue weighted by Crippen LogP contribution is 2.30. The van der Waals surface area contributed by atoms with Gasteiger partial charge in [-0.05, 0) is 51.8 Å². The van der Waals surface area contributed by atoms with E-state index < -0.39 is 17.5 Å². The molecule has 7 nitrogen and oxygen atoms in total. The lowest BCUT2D eigenvalue weighted by Crippen LogP contribution is -2.35. The Hall–Kier alpha value is -2.22. The Morgan fingerprint density at radius 2 is 1.77 bits per heavy atom. The van der Waals surface area contributed by atoms with Crippen molar-refractivity contribution in [1.29, 1.82) is 0 Å². The molecule has 2 rings (SSSR count). The number of ether oxygens (including phenoxy) is 3. The predicted octanol–water partition coefficient (Wildman–Crippen LogP) is 3.83. The number of esters is 2. The Kier molecular flexibility index (Phi) is 9.02. The van der Waals surface area contributed by atoms with Gasteiger partial charge in [0.15, 0.2) is 0 Å². The number of carbonyl (C=O) groups excluding carboxylic acids is 3. The fourth-order valence-corrected chi connectivity index (χ4v) is 4.06. The van der Waals surface area contributed by atoms with Gasteiger partial charge in [-0.1, -0.05) is 12.1 Å². The molecule has 0 spiro atoms. The van der Waals surface area contributed by atoms with E-state index in [9.17, 15) is 14.4 Å². The van der Waals surface area contributed by atoms with Gasteiger partial charge in [0.05, 0.1) is 13.2 Å². The number of likely N-dealkylation sites (tertiary alicyclic amines) is 1. The lowest BCUT2D eigenvalue weighted by atomic mass is 10.2. The van der Waals surface area contributed by atoms with Gasteiger partial charge in [0, 0.05) is 29.7 Å². The second-order valence-corrected chi connectivity index (χ2v) is 9.42. The second kappa shape index (κ2) is 11.2. The van der Waals surface area contributed by atoms with Crippen LogP contribution in [0.2, 0.25) is 0 Å². The number of hydrogen-bond donors (Lipinski definition) is 0. The third-order valence-electron chi connectivity index (χ3n) is 4.27. The minimum Gasteiger partial charge on any atom is -0.466 e. The number of benzene rings is 1. The quantitative estimate of drug-likeness (QED) is 0.347. The number of nitrogens with zero attached hydrogens (tertiary/aromatic N) is 1. The summed E-state index contributed by atoms with van der Waals surface area (Å²) in [6, 6.07) is 8.08. The fraction of sp³-hybridized carbons (Fsp3) is 0.591. The van der Waals surface area contributed by atoms with Crippen molar-refractivity contribution >= 4 is 29.8 Å².